The van der Waals surface area contributed by atoms with E-state index in [1.807, 2.05) is 13.8 Å². The fraction of sp³-hybridized carbons (Fsp3) is 0.943. The molecule has 1 N–H and O–H groups in total. The van der Waals surface area contributed by atoms with Crippen LogP contribution in [-0.4, -0.2) is 29.1 Å². The van der Waals surface area contributed by atoms with Crippen LogP contribution in [0, 0.1) is 44.8 Å². The fourth-order valence-electron chi connectivity index (χ4n) is 12.0. The Morgan fingerprint density at radius 2 is 1.67 bits per heavy atom. The smallest absolute Gasteiger partial charge is 0.120 e. The van der Waals surface area contributed by atoms with E-state index in [-0.39, 0.29) is 51.3 Å². The first-order valence-electron chi connectivity index (χ1n) is 16.3. The quantitative estimate of drug-likeness (QED) is 0.368. The van der Waals surface area contributed by atoms with Crippen LogP contribution in [0.2, 0.25) is 0 Å². The molecule has 2 nitrogen and oxygen atoms in total. The van der Waals surface area contributed by atoms with Crippen molar-refractivity contribution in [2.24, 2.45) is 44.8 Å². The summed E-state index contributed by atoms with van der Waals surface area (Å²) in [5.74, 6) is 1.09. The average Bonchev–Trinajstić information content (AvgIpc) is 2.81. The molecule has 224 valence electrons. The van der Waals surface area contributed by atoms with Gasteiger partial charge in [-0.15, -0.1) is 0 Å². The molecule has 0 aromatic rings. The van der Waals surface area contributed by atoms with Gasteiger partial charge < -0.3 is 9.84 Å². The van der Waals surface area contributed by atoms with E-state index in [2.05, 4.69) is 48.5 Å². The third-order valence-electron chi connectivity index (χ3n) is 14.1. The molecule has 0 amide bonds. The van der Waals surface area contributed by atoms with Crippen molar-refractivity contribution in [3.8, 4) is 0 Å². The minimum Gasteiger partial charge on any atom is -0.393 e. The molecule has 0 unspecified atom stereocenters. The lowest BCUT2D eigenvalue weighted by atomic mass is 9.31. The van der Waals surface area contributed by atoms with Gasteiger partial charge in [0.25, 0.3) is 0 Å². The van der Waals surface area contributed by atoms with Gasteiger partial charge in [-0.25, -0.2) is 4.39 Å². The summed E-state index contributed by atoms with van der Waals surface area (Å²) in [7, 11) is 0. The van der Waals surface area contributed by atoms with Crippen molar-refractivity contribution < 1.29 is 14.2 Å². The molecule has 5 rings (SSSR count). The van der Waals surface area contributed by atoms with Crippen LogP contribution in [-0.2, 0) is 4.74 Å². The Hall–Kier alpha value is -0.120. The van der Waals surface area contributed by atoms with Gasteiger partial charge in [-0.3, -0.25) is 0 Å². The van der Waals surface area contributed by atoms with Gasteiger partial charge in [0.2, 0.25) is 0 Å². The van der Waals surface area contributed by atoms with Crippen LogP contribution >= 0.6 is 11.6 Å². The van der Waals surface area contributed by atoms with Crippen LogP contribution in [0.4, 0.5) is 4.39 Å². The summed E-state index contributed by atoms with van der Waals surface area (Å²) in [6, 6.07) is 0. The van der Waals surface area contributed by atoms with Gasteiger partial charge in [0.1, 0.15) is 5.67 Å². The first-order chi connectivity index (χ1) is 17.9. The normalized spacial score (nSPS) is 52.0. The summed E-state index contributed by atoms with van der Waals surface area (Å²) in [5.41, 5.74) is -0.0377. The predicted octanol–water partition coefficient (Wildman–Crippen LogP) is 10.0. The first kappa shape index (κ1) is 30.3. The van der Waals surface area contributed by atoms with Crippen LogP contribution in [0.1, 0.15) is 139 Å². The second-order valence-corrected chi connectivity index (χ2v) is 17.4. The van der Waals surface area contributed by atoms with Crippen LogP contribution < -0.4 is 0 Å². The Morgan fingerprint density at radius 3 is 2.31 bits per heavy atom. The number of halogens is 2. The van der Waals surface area contributed by atoms with E-state index >= 15 is 4.39 Å². The highest BCUT2D eigenvalue weighted by Gasteiger charge is 2.75. The Labute approximate surface area is 244 Å². The van der Waals surface area contributed by atoms with Crippen molar-refractivity contribution in [2.75, 3.05) is 0 Å². The molecule has 39 heavy (non-hydrogen) atoms. The van der Waals surface area contributed by atoms with Gasteiger partial charge >= 0.3 is 0 Å². The number of rotatable bonds is 4. The highest BCUT2D eigenvalue weighted by atomic mass is 35.5. The van der Waals surface area contributed by atoms with Gasteiger partial charge in [0.15, 0.2) is 0 Å². The minimum atomic E-state index is -1.17. The third kappa shape index (κ3) is 4.35. The maximum Gasteiger partial charge on any atom is 0.120 e. The standard InChI is InChI=1S/C35H58ClFO2/c1-22(38)19-23(2)39-27-11-10-14-31(6)25(27)12-15-33(8)28(31)13-16-35(37)29-21-30(4,5)20-26(24(3)36)32(29,7)17-18-34(33,35)9/h22-23,25,27-29,38H,10-21H2,1-9H3/b26-24+/t22-,23-,25-,27-,28+,29-,31-,32-,33+,34-,35-/m0/s1. The first-order valence-corrected chi connectivity index (χ1v) is 16.7. The molecule has 5 saturated carbocycles. The van der Waals surface area contributed by atoms with E-state index in [0.29, 0.717) is 24.7 Å². The number of allylic oxidation sites excluding steroid dienone is 2. The zero-order chi connectivity index (χ0) is 28.8. The zero-order valence-electron chi connectivity index (χ0n) is 26.6. The molecule has 0 aliphatic heterocycles. The summed E-state index contributed by atoms with van der Waals surface area (Å²) >= 11 is 6.79. The molecule has 11 atom stereocenters. The molecule has 0 radical (unpaired) electrons. The zero-order valence-corrected chi connectivity index (χ0v) is 27.3. The monoisotopic (exact) mass is 564 g/mol. The number of ether oxygens (including phenoxy) is 1. The van der Waals surface area contributed by atoms with Crippen molar-refractivity contribution in [1.82, 2.24) is 0 Å². The van der Waals surface area contributed by atoms with Gasteiger partial charge in [-0.2, -0.15) is 0 Å². The number of aliphatic hydroxyl groups is 1. The number of aliphatic hydroxyl groups excluding tert-OH is 1. The molecule has 0 heterocycles. The average molecular weight is 565 g/mol. The maximum absolute atomic E-state index is 18.4. The van der Waals surface area contributed by atoms with E-state index in [1.54, 1.807) is 0 Å². The van der Waals surface area contributed by atoms with Crippen LogP contribution in [0.25, 0.3) is 0 Å². The van der Waals surface area contributed by atoms with E-state index in [0.717, 1.165) is 56.4 Å². The summed E-state index contributed by atoms with van der Waals surface area (Å²) in [6.45, 7) is 20.5. The van der Waals surface area contributed by atoms with Gasteiger partial charge in [-0.05, 0) is 130 Å². The van der Waals surface area contributed by atoms with E-state index in [4.69, 9.17) is 16.3 Å². The number of hydrogen-bond donors (Lipinski definition) is 1. The summed E-state index contributed by atoms with van der Waals surface area (Å²) in [5, 5.41) is 10.9. The Morgan fingerprint density at radius 1 is 0.974 bits per heavy atom. The largest absolute Gasteiger partial charge is 0.393 e. The minimum absolute atomic E-state index is 0.0127. The summed E-state index contributed by atoms with van der Waals surface area (Å²) < 4.78 is 25.1. The van der Waals surface area contributed by atoms with E-state index in [9.17, 15) is 5.11 Å². The Kier molecular flexibility index (Phi) is 7.55. The molecule has 5 aliphatic carbocycles. The van der Waals surface area contributed by atoms with Crippen molar-refractivity contribution in [3.05, 3.63) is 10.6 Å². The summed E-state index contributed by atoms with van der Waals surface area (Å²) in [6.07, 6.45) is 12.2. The summed E-state index contributed by atoms with van der Waals surface area (Å²) in [4.78, 5) is 0. The van der Waals surface area contributed by atoms with Crippen molar-refractivity contribution in [3.63, 3.8) is 0 Å². The lowest BCUT2D eigenvalue weighted by Gasteiger charge is -2.74. The Balaban J connectivity index is 1.50. The predicted molar refractivity (Wildman–Crippen MR) is 160 cm³/mol. The second kappa shape index (κ2) is 9.70. The fourth-order valence-corrected chi connectivity index (χ4v) is 12.3. The third-order valence-corrected chi connectivity index (χ3v) is 14.3. The number of hydrogen-bond acceptors (Lipinski definition) is 2. The highest BCUT2D eigenvalue weighted by molar-refractivity contribution is 6.29. The molecule has 0 aromatic carbocycles. The van der Waals surface area contributed by atoms with Crippen molar-refractivity contribution in [2.45, 2.75) is 163 Å². The number of fused-ring (bicyclic) bond motifs is 7. The molecule has 0 spiro atoms. The molecule has 0 aromatic heterocycles. The lowest BCUT2D eigenvalue weighted by Crippen LogP contribution is -2.72. The molecule has 0 saturated heterocycles. The SMILES string of the molecule is C/C(Cl)=C1/CC(C)(C)C[C@H]2[C@@]1(C)CC[C@@]1(C)[C@]3(C)CC[C@H]4[C@@H](O[C@@H](C)C[C@H](C)O)CCC[C@]4(C)[C@H]3CC[C@]21F. The van der Waals surface area contributed by atoms with Gasteiger partial charge in [0, 0.05) is 16.4 Å². The molecule has 4 heteroatoms. The molecular formula is C35H58ClFO2. The van der Waals surface area contributed by atoms with Gasteiger partial charge in [0.05, 0.1) is 18.3 Å². The molecule has 5 fully saturated rings. The van der Waals surface area contributed by atoms with Crippen molar-refractivity contribution >= 4 is 11.6 Å². The van der Waals surface area contributed by atoms with Crippen LogP contribution in [0.3, 0.4) is 0 Å². The molecule has 0 bridgehead atoms. The topological polar surface area (TPSA) is 29.5 Å². The van der Waals surface area contributed by atoms with Crippen LogP contribution in [0.5, 0.6) is 0 Å². The van der Waals surface area contributed by atoms with Crippen LogP contribution in [0.15, 0.2) is 10.6 Å². The number of alkyl halides is 1. The van der Waals surface area contributed by atoms with Gasteiger partial charge in [-0.1, -0.05) is 59.6 Å². The van der Waals surface area contributed by atoms with Crippen molar-refractivity contribution in [1.29, 1.82) is 0 Å². The maximum atomic E-state index is 18.4. The second-order valence-electron chi connectivity index (χ2n) is 16.8. The van der Waals surface area contributed by atoms with E-state index in [1.165, 1.54) is 18.4 Å². The Bertz CT molecular complexity index is 987. The molecular weight excluding hydrogens is 507 g/mol. The highest BCUT2D eigenvalue weighted by Crippen LogP contribution is 2.78. The van der Waals surface area contributed by atoms with E-state index < -0.39 is 5.67 Å². The lowest BCUT2D eigenvalue weighted by molar-refractivity contribution is -0.281. The molecule has 5 aliphatic rings.